The van der Waals surface area contributed by atoms with E-state index in [1.54, 1.807) is 36.4 Å². The van der Waals surface area contributed by atoms with Crippen LogP contribution in [0.2, 0.25) is 0 Å². The Morgan fingerprint density at radius 2 is 1.75 bits per heavy atom. The first-order valence-corrected chi connectivity index (χ1v) is 11.2. The molecule has 0 spiro atoms. The van der Waals surface area contributed by atoms with Gasteiger partial charge in [-0.25, -0.2) is 8.42 Å². The first-order valence-electron chi connectivity index (χ1n) is 9.76. The fraction of sp³-hybridized carbons (Fsp3) is 0.0870. The maximum absolute atomic E-state index is 12.5. The van der Waals surface area contributed by atoms with E-state index in [1.807, 2.05) is 31.2 Å². The van der Waals surface area contributed by atoms with Crippen LogP contribution >= 0.6 is 0 Å². The van der Waals surface area contributed by atoms with Crippen molar-refractivity contribution in [1.29, 1.82) is 0 Å². The summed E-state index contributed by atoms with van der Waals surface area (Å²) in [5.41, 5.74) is 2.47. The Balaban J connectivity index is 1.41. The minimum atomic E-state index is -3.75. The highest BCUT2D eigenvalue weighted by Crippen LogP contribution is 2.18. The van der Waals surface area contributed by atoms with E-state index >= 15 is 0 Å². The highest BCUT2D eigenvalue weighted by molar-refractivity contribution is 7.92. The standard InChI is InChI=1S/C23H20N4O4S/c1-16-7-5-8-17(13-16)22-25-21(31-26-22)15-24-23(28)18-9-6-10-19(14-18)27-32(29,30)20-11-3-2-4-12-20/h2-14,27H,15H2,1H3,(H,24,28). The van der Waals surface area contributed by atoms with E-state index in [0.29, 0.717) is 5.82 Å². The molecule has 0 aliphatic heterocycles. The van der Waals surface area contributed by atoms with Gasteiger partial charge < -0.3 is 9.84 Å². The Morgan fingerprint density at radius 1 is 0.969 bits per heavy atom. The molecular weight excluding hydrogens is 428 g/mol. The number of sulfonamides is 1. The van der Waals surface area contributed by atoms with Crippen molar-refractivity contribution in [1.82, 2.24) is 15.5 Å². The van der Waals surface area contributed by atoms with Gasteiger partial charge in [-0.05, 0) is 43.3 Å². The molecule has 2 N–H and O–H groups in total. The molecule has 4 rings (SSSR count). The Bertz CT molecular complexity index is 1350. The molecule has 162 valence electrons. The van der Waals surface area contributed by atoms with Crippen LogP contribution in [0.5, 0.6) is 0 Å². The number of hydrogen-bond acceptors (Lipinski definition) is 6. The van der Waals surface area contributed by atoms with Crippen LogP contribution in [0.25, 0.3) is 11.4 Å². The van der Waals surface area contributed by atoms with Gasteiger partial charge in [-0.15, -0.1) is 0 Å². The van der Waals surface area contributed by atoms with E-state index in [4.69, 9.17) is 4.52 Å². The first-order chi connectivity index (χ1) is 15.4. The molecule has 0 saturated heterocycles. The summed E-state index contributed by atoms with van der Waals surface area (Å²) in [5, 5.41) is 6.65. The number of rotatable bonds is 7. The quantitative estimate of drug-likeness (QED) is 0.445. The molecule has 0 atom stereocenters. The Hall–Kier alpha value is -3.98. The molecule has 0 aliphatic rings. The number of carbonyl (C=O) groups is 1. The maximum atomic E-state index is 12.5. The van der Waals surface area contributed by atoms with Crippen LogP contribution in [0.3, 0.4) is 0 Å². The van der Waals surface area contributed by atoms with E-state index < -0.39 is 15.9 Å². The third kappa shape index (κ3) is 5.01. The summed E-state index contributed by atoms with van der Waals surface area (Å²) in [7, 11) is -3.75. The summed E-state index contributed by atoms with van der Waals surface area (Å²) in [6.45, 7) is 2.01. The van der Waals surface area contributed by atoms with Crippen molar-refractivity contribution in [2.45, 2.75) is 18.4 Å². The smallest absolute Gasteiger partial charge is 0.261 e. The fourth-order valence-electron chi connectivity index (χ4n) is 3.02. The molecule has 32 heavy (non-hydrogen) atoms. The predicted molar refractivity (Wildman–Crippen MR) is 119 cm³/mol. The van der Waals surface area contributed by atoms with Gasteiger partial charge in [0, 0.05) is 16.8 Å². The average Bonchev–Trinajstić information content (AvgIpc) is 3.27. The van der Waals surface area contributed by atoms with Crippen molar-refractivity contribution in [3.63, 3.8) is 0 Å². The van der Waals surface area contributed by atoms with Gasteiger partial charge in [-0.3, -0.25) is 9.52 Å². The summed E-state index contributed by atoms with van der Waals surface area (Å²) in [6.07, 6.45) is 0. The molecule has 0 bridgehead atoms. The van der Waals surface area contributed by atoms with Gasteiger partial charge in [-0.1, -0.05) is 53.2 Å². The molecule has 8 nitrogen and oxygen atoms in total. The predicted octanol–water partition coefficient (Wildman–Crippen LogP) is 3.78. The topological polar surface area (TPSA) is 114 Å². The molecule has 0 unspecified atom stereocenters. The summed E-state index contributed by atoms with van der Waals surface area (Å²) < 4.78 is 32.7. The van der Waals surface area contributed by atoms with Gasteiger partial charge in [0.1, 0.15) is 0 Å². The summed E-state index contributed by atoms with van der Waals surface area (Å²) in [4.78, 5) is 17.0. The zero-order chi connectivity index (χ0) is 22.6. The summed E-state index contributed by atoms with van der Waals surface area (Å²) in [5.74, 6) is 0.298. The summed E-state index contributed by atoms with van der Waals surface area (Å²) >= 11 is 0. The molecular formula is C23H20N4O4S. The van der Waals surface area contributed by atoms with Crippen molar-refractivity contribution in [3.05, 3.63) is 95.9 Å². The van der Waals surface area contributed by atoms with Crippen molar-refractivity contribution < 1.29 is 17.7 Å². The van der Waals surface area contributed by atoms with Crippen molar-refractivity contribution in [2.24, 2.45) is 0 Å². The number of nitrogens with zero attached hydrogens (tertiary/aromatic N) is 2. The monoisotopic (exact) mass is 448 g/mol. The highest BCUT2D eigenvalue weighted by Gasteiger charge is 2.15. The first kappa shape index (κ1) is 21.3. The molecule has 0 radical (unpaired) electrons. The van der Waals surface area contributed by atoms with Crippen LogP contribution in [0.1, 0.15) is 21.8 Å². The summed E-state index contributed by atoms with van der Waals surface area (Å²) in [6, 6.07) is 21.9. The normalized spacial score (nSPS) is 11.2. The molecule has 1 heterocycles. The Kier molecular flexibility index (Phi) is 6.00. The lowest BCUT2D eigenvalue weighted by atomic mass is 10.1. The minimum Gasteiger partial charge on any atom is -0.343 e. The van der Waals surface area contributed by atoms with Gasteiger partial charge in [-0.2, -0.15) is 4.98 Å². The molecule has 0 saturated carbocycles. The van der Waals surface area contributed by atoms with E-state index in [2.05, 4.69) is 20.2 Å². The molecule has 0 aliphatic carbocycles. The zero-order valence-corrected chi connectivity index (χ0v) is 18.0. The SMILES string of the molecule is Cc1cccc(-c2noc(CNC(=O)c3cccc(NS(=O)(=O)c4ccccc4)c3)n2)c1. The van der Waals surface area contributed by atoms with Gasteiger partial charge in [0.05, 0.1) is 11.4 Å². The number of hydrogen-bond donors (Lipinski definition) is 2. The molecule has 1 aromatic heterocycles. The molecule has 3 aromatic carbocycles. The van der Waals surface area contributed by atoms with Crippen LogP contribution in [0, 0.1) is 6.92 Å². The number of aromatic nitrogens is 2. The number of aryl methyl sites for hydroxylation is 1. The second kappa shape index (κ2) is 9.03. The number of nitrogens with one attached hydrogen (secondary N) is 2. The lowest BCUT2D eigenvalue weighted by Gasteiger charge is -2.09. The number of carbonyl (C=O) groups excluding carboxylic acids is 1. The van der Waals surface area contributed by atoms with E-state index in [-0.39, 0.29) is 28.6 Å². The van der Waals surface area contributed by atoms with E-state index in [9.17, 15) is 13.2 Å². The van der Waals surface area contributed by atoms with Crippen LogP contribution in [0.15, 0.2) is 88.3 Å². The fourth-order valence-corrected chi connectivity index (χ4v) is 4.09. The van der Waals surface area contributed by atoms with Gasteiger partial charge in [0.2, 0.25) is 11.7 Å². The van der Waals surface area contributed by atoms with Crippen LogP contribution in [0.4, 0.5) is 5.69 Å². The Morgan fingerprint density at radius 3 is 2.53 bits per heavy atom. The van der Waals surface area contributed by atoms with E-state index in [1.165, 1.54) is 18.2 Å². The van der Waals surface area contributed by atoms with Gasteiger partial charge in [0.15, 0.2) is 0 Å². The van der Waals surface area contributed by atoms with E-state index in [0.717, 1.165) is 11.1 Å². The highest BCUT2D eigenvalue weighted by atomic mass is 32.2. The third-order valence-corrected chi connectivity index (χ3v) is 5.97. The van der Waals surface area contributed by atoms with Gasteiger partial charge >= 0.3 is 0 Å². The number of anilines is 1. The molecule has 1 amide bonds. The second-order valence-electron chi connectivity index (χ2n) is 7.06. The van der Waals surface area contributed by atoms with Crippen molar-refractivity contribution in [3.8, 4) is 11.4 Å². The molecule has 0 fully saturated rings. The zero-order valence-electron chi connectivity index (χ0n) is 17.1. The van der Waals surface area contributed by atoms with Crippen LogP contribution in [-0.2, 0) is 16.6 Å². The lowest BCUT2D eigenvalue weighted by Crippen LogP contribution is -2.23. The third-order valence-electron chi connectivity index (χ3n) is 4.58. The molecule has 9 heteroatoms. The van der Waals surface area contributed by atoms with Crippen LogP contribution in [-0.4, -0.2) is 24.5 Å². The number of benzene rings is 3. The molecule has 4 aromatic rings. The maximum Gasteiger partial charge on any atom is 0.261 e. The lowest BCUT2D eigenvalue weighted by molar-refractivity contribution is 0.0946. The Labute approximate surface area is 185 Å². The second-order valence-corrected chi connectivity index (χ2v) is 8.75. The van der Waals surface area contributed by atoms with Crippen molar-refractivity contribution in [2.75, 3.05) is 4.72 Å². The average molecular weight is 449 g/mol. The van der Waals surface area contributed by atoms with Crippen LogP contribution < -0.4 is 10.0 Å². The van der Waals surface area contributed by atoms with Gasteiger partial charge in [0.25, 0.3) is 15.9 Å². The minimum absolute atomic E-state index is 0.0393. The largest absolute Gasteiger partial charge is 0.343 e. The number of amides is 1. The van der Waals surface area contributed by atoms with Crippen molar-refractivity contribution >= 4 is 21.6 Å².